The quantitative estimate of drug-likeness (QED) is 0.557. The minimum Gasteiger partial charge on any atom is -0.483 e. The summed E-state index contributed by atoms with van der Waals surface area (Å²) in [5, 5.41) is 3.63. The van der Waals surface area contributed by atoms with Gasteiger partial charge in [0.05, 0.1) is 0 Å². The Balaban J connectivity index is 2.22. The highest BCUT2D eigenvalue weighted by Crippen LogP contribution is 2.20. The predicted molar refractivity (Wildman–Crippen MR) is 125 cm³/mol. The first-order chi connectivity index (χ1) is 14.7. The summed E-state index contributed by atoms with van der Waals surface area (Å²) in [4.78, 5) is 27.8. The molecule has 2 amide bonds. The van der Waals surface area contributed by atoms with Crippen molar-refractivity contribution in [1.82, 2.24) is 10.2 Å². The van der Waals surface area contributed by atoms with E-state index >= 15 is 0 Å². The SMILES string of the molecule is CC[C@H](C(=O)N[C@@H](C)CC)N(Cc1ccc(Cl)cc1)C(=O)COc1ccc(C)cc1C. The number of aryl methyl sites for hydroxylation is 2. The molecule has 31 heavy (non-hydrogen) atoms. The van der Waals surface area contributed by atoms with Gasteiger partial charge in [-0.15, -0.1) is 0 Å². The molecule has 0 unspecified atom stereocenters. The molecule has 0 aliphatic rings. The highest BCUT2D eigenvalue weighted by Gasteiger charge is 2.29. The summed E-state index contributed by atoms with van der Waals surface area (Å²) in [6.45, 7) is 10.0. The standard InChI is InChI=1S/C25H33ClN2O3/c1-6-19(5)27-25(30)22(7-2)28(15-20-9-11-21(26)12-10-20)24(29)16-31-23-13-8-17(3)14-18(23)4/h8-14,19,22H,6-7,15-16H2,1-5H3,(H,27,30)/t19-,22+/m0/s1. The molecular formula is C25H33ClN2O3. The fourth-order valence-electron chi connectivity index (χ4n) is 3.33. The summed E-state index contributed by atoms with van der Waals surface area (Å²) in [7, 11) is 0. The lowest BCUT2D eigenvalue weighted by Gasteiger charge is -2.31. The number of hydrogen-bond acceptors (Lipinski definition) is 3. The number of nitrogens with zero attached hydrogens (tertiary/aromatic N) is 1. The van der Waals surface area contributed by atoms with E-state index in [0.29, 0.717) is 23.7 Å². The number of hydrogen-bond donors (Lipinski definition) is 1. The lowest BCUT2D eigenvalue weighted by molar-refractivity contribution is -0.143. The Kier molecular flexibility index (Phi) is 9.38. The van der Waals surface area contributed by atoms with Gasteiger partial charge in [-0.25, -0.2) is 0 Å². The third-order valence-electron chi connectivity index (χ3n) is 5.33. The molecule has 0 aromatic heterocycles. The van der Waals surface area contributed by atoms with Crippen molar-refractivity contribution in [2.45, 2.75) is 66.1 Å². The summed E-state index contributed by atoms with van der Waals surface area (Å²) in [5.41, 5.74) is 3.01. The minimum atomic E-state index is -0.583. The predicted octanol–water partition coefficient (Wildman–Crippen LogP) is 5.06. The highest BCUT2D eigenvalue weighted by molar-refractivity contribution is 6.30. The third kappa shape index (κ3) is 7.28. The zero-order chi connectivity index (χ0) is 23.0. The Morgan fingerprint density at radius 2 is 1.74 bits per heavy atom. The molecule has 2 atom stereocenters. The highest BCUT2D eigenvalue weighted by atomic mass is 35.5. The number of carbonyl (C=O) groups excluding carboxylic acids is 2. The summed E-state index contributed by atoms with van der Waals surface area (Å²) >= 11 is 6.00. The summed E-state index contributed by atoms with van der Waals surface area (Å²) in [6, 6.07) is 12.6. The molecule has 0 saturated carbocycles. The molecule has 6 heteroatoms. The molecule has 0 radical (unpaired) electrons. The maximum atomic E-state index is 13.2. The van der Waals surface area contributed by atoms with E-state index in [0.717, 1.165) is 23.1 Å². The fraction of sp³-hybridized carbons (Fsp3) is 0.440. The maximum Gasteiger partial charge on any atom is 0.261 e. The van der Waals surface area contributed by atoms with Crippen molar-refractivity contribution in [1.29, 1.82) is 0 Å². The molecule has 5 nitrogen and oxygen atoms in total. The van der Waals surface area contributed by atoms with Crippen molar-refractivity contribution in [2.24, 2.45) is 0 Å². The monoisotopic (exact) mass is 444 g/mol. The summed E-state index contributed by atoms with van der Waals surface area (Å²) < 4.78 is 5.82. The van der Waals surface area contributed by atoms with Crippen molar-refractivity contribution in [2.75, 3.05) is 6.61 Å². The smallest absolute Gasteiger partial charge is 0.261 e. The van der Waals surface area contributed by atoms with E-state index in [1.54, 1.807) is 17.0 Å². The van der Waals surface area contributed by atoms with Crippen LogP contribution in [0.5, 0.6) is 5.75 Å². The van der Waals surface area contributed by atoms with Crippen LogP contribution >= 0.6 is 11.6 Å². The van der Waals surface area contributed by atoms with Gasteiger partial charge in [0.15, 0.2) is 6.61 Å². The topological polar surface area (TPSA) is 58.6 Å². The van der Waals surface area contributed by atoms with Crippen molar-refractivity contribution in [3.05, 3.63) is 64.2 Å². The van der Waals surface area contributed by atoms with Crippen molar-refractivity contribution in [3.63, 3.8) is 0 Å². The second-order valence-corrected chi connectivity index (χ2v) is 8.38. The Labute approximate surface area is 190 Å². The minimum absolute atomic E-state index is 0.0421. The Bertz CT molecular complexity index is 883. The van der Waals surface area contributed by atoms with E-state index in [9.17, 15) is 9.59 Å². The second kappa shape index (κ2) is 11.8. The van der Waals surface area contributed by atoms with Crippen molar-refractivity contribution >= 4 is 23.4 Å². The molecule has 1 N–H and O–H groups in total. The number of ether oxygens (including phenoxy) is 1. The Morgan fingerprint density at radius 3 is 2.32 bits per heavy atom. The first-order valence-corrected chi connectivity index (χ1v) is 11.2. The zero-order valence-electron chi connectivity index (χ0n) is 19.1. The van der Waals surface area contributed by atoms with Crippen LogP contribution < -0.4 is 10.1 Å². The second-order valence-electron chi connectivity index (χ2n) is 7.95. The molecule has 0 saturated heterocycles. The maximum absolute atomic E-state index is 13.2. The van der Waals surface area contributed by atoms with Crippen LogP contribution in [0.2, 0.25) is 5.02 Å². The van der Waals surface area contributed by atoms with Crippen LogP contribution in [0.1, 0.15) is 50.3 Å². The van der Waals surface area contributed by atoms with Crippen LogP contribution in [0.25, 0.3) is 0 Å². The average molecular weight is 445 g/mol. The fourth-order valence-corrected chi connectivity index (χ4v) is 3.46. The molecular weight excluding hydrogens is 412 g/mol. The number of nitrogens with one attached hydrogen (secondary N) is 1. The van der Waals surface area contributed by atoms with E-state index in [1.807, 2.05) is 65.0 Å². The molecule has 0 spiro atoms. The number of carbonyl (C=O) groups is 2. The number of rotatable bonds is 10. The molecule has 0 fully saturated rings. The van der Waals surface area contributed by atoms with Gasteiger partial charge in [-0.1, -0.05) is 55.3 Å². The first kappa shape index (κ1) is 24.7. The van der Waals surface area contributed by atoms with Gasteiger partial charge in [0, 0.05) is 17.6 Å². The van der Waals surface area contributed by atoms with Crippen LogP contribution in [0.15, 0.2) is 42.5 Å². The zero-order valence-corrected chi connectivity index (χ0v) is 19.8. The van der Waals surface area contributed by atoms with Crippen LogP contribution in [0.4, 0.5) is 0 Å². The summed E-state index contributed by atoms with van der Waals surface area (Å²) in [5.74, 6) is 0.286. The molecule has 2 aromatic rings. The number of benzene rings is 2. The van der Waals surface area contributed by atoms with Crippen LogP contribution in [0, 0.1) is 13.8 Å². The van der Waals surface area contributed by atoms with Crippen LogP contribution in [-0.4, -0.2) is 35.4 Å². The van der Waals surface area contributed by atoms with Crippen molar-refractivity contribution < 1.29 is 14.3 Å². The molecule has 168 valence electrons. The lowest BCUT2D eigenvalue weighted by atomic mass is 10.1. The largest absolute Gasteiger partial charge is 0.483 e. The number of halogens is 1. The molecule has 0 aliphatic carbocycles. The van der Waals surface area contributed by atoms with E-state index in [4.69, 9.17) is 16.3 Å². The van der Waals surface area contributed by atoms with E-state index in [2.05, 4.69) is 5.32 Å². The van der Waals surface area contributed by atoms with Gasteiger partial charge in [-0.2, -0.15) is 0 Å². The van der Waals surface area contributed by atoms with Gasteiger partial charge >= 0.3 is 0 Å². The Morgan fingerprint density at radius 1 is 1.06 bits per heavy atom. The Hall–Kier alpha value is -2.53. The lowest BCUT2D eigenvalue weighted by Crippen LogP contribution is -2.51. The molecule has 2 aromatic carbocycles. The van der Waals surface area contributed by atoms with Gasteiger partial charge in [0.25, 0.3) is 5.91 Å². The average Bonchev–Trinajstić information content (AvgIpc) is 2.74. The van der Waals surface area contributed by atoms with Crippen molar-refractivity contribution in [3.8, 4) is 5.75 Å². The van der Waals surface area contributed by atoms with Gasteiger partial charge in [-0.3, -0.25) is 9.59 Å². The first-order valence-electron chi connectivity index (χ1n) is 10.8. The van der Waals surface area contributed by atoms with E-state index < -0.39 is 6.04 Å². The molecule has 2 rings (SSSR count). The van der Waals surface area contributed by atoms with Crippen LogP contribution in [-0.2, 0) is 16.1 Å². The van der Waals surface area contributed by atoms with Gasteiger partial charge in [0.2, 0.25) is 5.91 Å². The van der Waals surface area contributed by atoms with E-state index in [-0.39, 0.29) is 24.5 Å². The van der Waals surface area contributed by atoms with E-state index in [1.165, 1.54) is 0 Å². The molecule has 0 heterocycles. The third-order valence-corrected chi connectivity index (χ3v) is 5.59. The molecule has 0 aliphatic heterocycles. The van der Waals surface area contributed by atoms with Crippen LogP contribution in [0.3, 0.4) is 0 Å². The summed E-state index contributed by atoms with van der Waals surface area (Å²) in [6.07, 6.45) is 1.33. The van der Waals surface area contributed by atoms with Gasteiger partial charge in [-0.05, 0) is 62.9 Å². The number of amides is 2. The normalized spacial score (nSPS) is 12.7. The van der Waals surface area contributed by atoms with Gasteiger partial charge in [0.1, 0.15) is 11.8 Å². The molecule has 0 bridgehead atoms. The van der Waals surface area contributed by atoms with Gasteiger partial charge < -0.3 is 15.0 Å².